The van der Waals surface area contributed by atoms with E-state index in [1.165, 1.54) is 17.4 Å². The molecule has 0 aliphatic rings. The summed E-state index contributed by atoms with van der Waals surface area (Å²) >= 11 is 7.25. The Morgan fingerprint density at radius 3 is 2.43 bits per heavy atom. The maximum Gasteiger partial charge on any atom is 0.423 e. The highest BCUT2D eigenvalue weighted by Crippen LogP contribution is 2.39. The first-order chi connectivity index (χ1) is 14.1. The van der Waals surface area contributed by atoms with Crippen LogP contribution in [0.3, 0.4) is 0 Å². The predicted molar refractivity (Wildman–Crippen MR) is 110 cm³/mol. The molecule has 30 heavy (non-hydrogen) atoms. The fraction of sp³-hybridized carbons (Fsp3) is 0.200. The highest BCUT2D eigenvalue weighted by atomic mass is 35.5. The van der Waals surface area contributed by atoms with Gasteiger partial charge < -0.3 is 10.4 Å². The van der Waals surface area contributed by atoms with E-state index in [0.717, 1.165) is 10.9 Å². The minimum Gasteiger partial charge on any atom is -0.388 e. The second-order valence-electron chi connectivity index (χ2n) is 6.50. The Kier molecular flexibility index (Phi) is 6.64. The van der Waals surface area contributed by atoms with Crippen molar-refractivity contribution in [2.24, 2.45) is 0 Å². The van der Waals surface area contributed by atoms with Crippen LogP contribution in [-0.2, 0) is 6.18 Å². The molecule has 158 valence electrons. The fourth-order valence-electron chi connectivity index (χ4n) is 2.99. The number of nitro groups is 1. The van der Waals surface area contributed by atoms with Gasteiger partial charge in [0.25, 0.3) is 5.69 Å². The number of aliphatic hydroxyl groups excluding tert-OH is 1. The maximum absolute atomic E-state index is 13.3. The molecule has 3 aromatic rings. The number of hydrogen-bond donors (Lipinski definition) is 2. The highest BCUT2D eigenvalue weighted by molar-refractivity contribution is 7.10. The number of halogens is 4. The van der Waals surface area contributed by atoms with Crippen LogP contribution in [0.25, 0.3) is 0 Å². The molecule has 0 saturated heterocycles. The first kappa shape index (κ1) is 22.1. The third kappa shape index (κ3) is 5.29. The lowest BCUT2D eigenvalue weighted by molar-refractivity contribution is -0.388. The van der Waals surface area contributed by atoms with Crippen molar-refractivity contribution in [2.45, 2.75) is 24.7 Å². The van der Waals surface area contributed by atoms with E-state index in [1.54, 1.807) is 36.4 Å². The Hall–Kier alpha value is -2.62. The lowest BCUT2D eigenvalue weighted by Gasteiger charge is -2.23. The molecule has 0 unspecified atom stereocenters. The van der Waals surface area contributed by atoms with Crippen molar-refractivity contribution in [3.05, 3.63) is 91.1 Å². The largest absolute Gasteiger partial charge is 0.423 e. The molecule has 0 amide bonds. The van der Waals surface area contributed by atoms with Crippen LogP contribution in [-0.4, -0.2) is 10.0 Å². The number of nitro benzene ring substituents is 1. The Morgan fingerprint density at radius 1 is 1.17 bits per heavy atom. The summed E-state index contributed by atoms with van der Waals surface area (Å²) in [6.45, 7) is 0. The number of thiophene rings is 1. The summed E-state index contributed by atoms with van der Waals surface area (Å²) in [4.78, 5) is 10.7. The summed E-state index contributed by atoms with van der Waals surface area (Å²) in [5.41, 5.74) is -1.67. The standard InChI is InChI=1S/C20H16ClF3N2O3S/c21-13-5-3-12(4-6-13)18(27)11-16(19-2-1-9-30-19)25-14-7-8-17(26(28)29)15(10-14)20(22,23)24/h1-10,16,18,25,27H,11H2/t16-,18+/m1/s1. The van der Waals surface area contributed by atoms with Crippen molar-refractivity contribution in [2.75, 3.05) is 5.32 Å². The molecule has 0 spiro atoms. The summed E-state index contributed by atoms with van der Waals surface area (Å²) in [6, 6.07) is 12.5. The molecular formula is C20H16ClF3N2O3S. The molecule has 2 N–H and O–H groups in total. The van der Waals surface area contributed by atoms with Gasteiger partial charge >= 0.3 is 6.18 Å². The third-order valence-corrected chi connectivity index (χ3v) is 5.68. The molecule has 0 aliphatic carbocycles. The summed E-state index contributed by atoms with van der Waals surface area (Å²) in [5, 5.41) is 26.9. The zero-order valence-corrected chi connectivity index (χ0v) is 16.8. The molecular weight excluding hydrogens is 441 g/mol. The number of rotatable bonds is 7. The van der Waals surface area contributed by atoms with Crippen LogP contribution >= 0.6 is 22.9 Å². The van der Waals surface area contributed by atoms with Crippen molar-refractivity contribution < 1.29 is 23.2 Å². The van der Waals surface area contributed by atoms with Crippen molar-refractivity contribution in [1.29, 1.82) is 0 Å². The number of hydrogen-bond acceptors (Lipinski definition) is 5. The average Bonchev–Trinajstić information content (AvgIpc) is 3.22. The Bertz CT molecular complexity index is 1010. The van der Waals surface area contributed by atoms with Crippen molar-refractivity contribution in [3.8, 4) is 0 Å². The van der Waals surface area contributed by atoms with E-state index < -0.39 is 34.5 Å². The fourth-order valence-corrected chi connectivity index (χ4v) is 3.91. The van der Waals surface area contributed by atoms with E-state index in [0.29, 0.717) is 16.7 Å². The van der Waals surface area contributed by atoms with Crippen LogP contribution in [0.2, 0.25) is 5.02 Å². The highest BCUT2D eigenvalue weighted by Gasteiger charge is 2.38. The van der Waals surface area contributed by atoms with Gasteiger partial charge in [0.15, 0.2) is 0 Å². The number of benzene rings is 2. The van der Waals surface area contributed by atoms with Crippen LogP contribution < -0.4 is 5.32 Å². The van der Waals surface area contributed by atoms with Crippen LogP contribution in [0, 0.1) is 10.1 Å². The molecule has 0 saturated carbocycles. The first-order valence-electron chi connectivity index (χ1n) is 8.74. The quantitative estimate of drug-likeness (QED) is 0.310. The first-order valence-corrected chi connectivity index (χ1v) is 10.00. The van der Waals surface area contributed by atoms with E-state index >= 15 is 0 Å². The third-order valence-electron chi connectivity index (χ3n) is 4.44. The van der Waals surface area contributed by atoms with Crippen LogP contribution in [0.1, 0.15) is 34.6 Å². The van der Waals surface area contributed by atoms with Crippen molar-refractivity contribution in [1.82, 2.24) is 0 Å². The Morgan fingerprint density at radius 2 is 1.87 bits per heavy atom. The molecule has 0 bridgehead atoms. The SMILES string of the molecule is O=[N+]([O-])c1ccc(N[C@H](C[C@H](O)c2ccc(Cl)cc2)c2cccs2)cc1C(F)(F)F. The van der Waals surface area contributed by atoms with Gasteiger partial charge in [0, 0.05) is 28.1 Å². The monoisotopic (exact) mass is 456 g/mol. The number of anilines is 1. The van der Waals surface area contributed by atoms with Gasteiger partial charge in [0.2, 0.25) is 0 Å². The van der Waals surface area contributed by atoms with Crippen LogP contribution in [0.4, 0.5) is 24.5 Å². The van der Waals surface area contributed by atoms with Crippen LogP contribution in [0.5, 0.6) is 0 Å². The summed E-state index contributed by atoms with van der Waals surface area (Å²) < 4.78 is 39.8. The second kappa shape index (κ2) is 9.03. The smallest absolute Gasteiger partial charge is 0.388 e. The van der Waals surface area contributed by atoms with Gasteiger partial charge in [-0.15, -0.1) is 11.3 Å². The van der Waals surface area contributed by atoms with Gasteiger partial charge in [-0.25, -0.2) is 0 Å². The lowest BCUT2D eigenvalue weighted by Crippen LogP contribution is -2.15. The summed E-state index contributed by atoms with van der Waals surface area (Å²) in [5.74, 6) is 0. The molecule has 1 aromatic heterocycles. The normalized spacial score (nSPS) is 13.6. The second-order valence-corrected chi connectivity index (χ2v) is 7.92. The topological polar surface area (TPSA) is 75.4 Å². The molecule has 5 nitrogen and oxygen atoms in total. The molecule has 0 radical (unpaired) electrons. The van der Waals surface area contributed by atoms with Gasteiger partial charge in [-0.2, -0.15) is 13.2 Å². The minimum absolute atomic E-state index is 0.0645. The summed E-state index contributed by atoms with van der Waals surface area (Å²) in [6.07, 6.45) is -5.61. The van der Waals surface area contributed by atoms with Gasteiger partial charge in [-0.3, -0.25) is 10.1 Å². The molecule has 3 rings (SSSR count). The van der Waals surface area contributed by atoms with Crippen molar-refractivity contribution >= 4 is 34.3 Å². The lowest BCUT2D eigenvalue weighted by atomic mass is 10.0. The van der Waals surface area contributed by atoms with Crippen molar-refractivity contribution in [3.63, 3.8) is 0 Å². The minimum atomic E-state index is -4.87. The molecule has 2 atom stereocenters. The predicted octanol–water partition coefficient (Wildman–Crippen LogP) is 6.61. The van der Waals surface area contributed by atoms with E-state index in [-0.39, 0.29) is 12.1 Å². The number of nitrogens with zero attached hydrogens (tertiary/aromatic N) is 1. The number of nitrogens with one attached hydrogen (secondary N) is 1. The summed E-state index contributed by atoms with van der Waals surface area (Å²) in [7, 11) is 0. The molecule has 0 fully saturated rings. The molecule has 2 aromatic carbocycles. The maximum atomic E-state index is 13.3. The molecule has 10 heteroatoms. The van der Waals surface area contributed by atoms with E-state index in [9.17, 15) is 28.4 Å². The van der Waals surface area contributed by atoms with E-state index in [1.807, 2.05) is 5.38 Å². The zero-order chi connectivity index (χ0) is 21.9. The van der Waals surface area contributed by atoms with Gasteiger partial charge in [-0.05, 0) is 41.3 Å². The van der Waals surface area contributed by atoms with Gasteiger partial charge in [0.05, 0.1) is 17.1 Å². The Labute approximate surface area is 178 Å². The average molecular weight is 457 g/mol. The number of aliphatic hydroxyl groups is 1. The molecule has 1 heterocycles. The Balaban J connectivity index is 1.89. The van der Waals surface area contributed by atoms with Gasteiger partial charge in [-0.1, -0.05) is 29.8 Å². The van der Waals surface area contributed by atoms with Crippen LogP contribution in [0.15, 0.2) is 60.0 Å². The molecule has 0 aliphatic heterocycles. The zero-order valence-electron chi connectivity index (χ0n) is 15.3. The number of alkyl halides is 3. The van der Waals surface area contributed by atoms with E-state index in [4.69, 9.17) is 11.6 Å². The van der Waals surface area contributed by atoms with E-state index in [2.05, 4.69) is 5.32 Å². The van der Waals surface area contributed by atoms with Gasteiger partial charge in [0.1, 0.15) is 5.56 Å².